The van der Waals surface area contributed by atoms with Crippen molar-refractivity contribution in [3.8, 4) is 5.75 Å². The third-order valence-electron chi connectivity index (χ3n) is 3.10. The van der Waals surface area contributed by atoms with Crippen LogP contribution < -0.4 is 10.5 Å². The maximum Gasteiger partial charge on any atom is 0.170 e. The van der Waals surface area contributed by atoms with E-state index in [1.54, 1.807) is 6.07 Å². The van der Waals surface area contributed by atoms with Crippen molar-refractivity contribution in [1.29, 1.82) is 0 Å². The van der Waals surface area contributed by atoms with Crippen molar-refractivity contribution in [2.45, 2.75) is 20.5 Å². The number of hydrogen-bond acceptors (Lipinski definition) is 3. The molecule has 2 aromatic carbocycles. The van der Waals surface area contributed by atoms with Gasteiger partial charge in [-0.15, -0.1) is 0 Å². The van der Waals surface area contributed by atoms with Crippen molar-refractivity contribution in [3.63, 3.8) is 0 Å². The van der Waals surface area contributed by atoms with Gasteiger partial charge in [-0.1, -0.05) is 17.3 Å². The summed E-state index contributed by atoms with van der Waals surface area (Å²) in [7, 11) is 0. The Morgan fingerprint density at radius 2 is 2.00 bits per heavy atom. The van der Waals surface area contributed by atoms with Crippen LogP contribution >= 0.6 is 0 Å². The lowest BCUT2D eigenvalue weighted by atomic mass is 10.1. The molecule has 0 heterocycles. The molecule has 2 rings (SSSR count). The first kappa shape index (κ1) is 14.8. The smallest absolute Gasteiger partial charge is 0.170 e. The molecule has 4 nitrogen and oxygen atoms in total. The van der Waals surface area contributed by atoms with Crippen molar-refractivity contribution < 1.29 is 14.3 Å². The van der Waals surface area contributed by atoms with Gasteiger partial charge in [-0.3, -0.25) is 0 Å². The Bertz CT molecular complexity index is 684. The zero-order valence-corrected chi connectivity index (χ0v) is 11.9. The minimum atomic E-state index is -0.460. The predicted molar refractivity (Wildman–Crippen MR) is 79.2 cm³/mol. The Labute approximate surface area is 122 Å². The number of oxime groups is 1. The van der Waals surface area contributed by atoms with Gasteiger partial charge in [0.05, 0.1) is 0 Å². The summed E-state index contributed by atoms with van der Waals surface area (Å²) in [5.74, 6) is 0.158. The fraction of sp³-hybridized carbons (Fsp3) is 0.188. The highest BCUT2D eigenvalue weighted by molar-refractivity contribution is 5.97. The summed E-state index contributed by atoms with van der Waals surface area (Å²) in [6.07, 6.45) is 0. The SMILES string of the molecule is Cc1ccc(C)c(OCc2cc(F)cc(/C(N)=N/O)c2)c1. The van der Waals surface area contributed by atoms with Crippen LogP contribution in [0, 0.1) is 19.7 Å². The molecule has 0 atom stereocenters. The Morgan fingerprint density at radius 1 is 1.24 bits per heavy atom. The van der Waals surface area contributed by atoms with Gasteiger partial charge < -0.3 is 15.7 Å². The van der Waals surface area contributed by atoms with Gasteiger partial charge in [-0.25, -0.2) is 4.39 Å². The van der Waals surface area contributed by atoms with Crippen molar-refractivity contribution in [3.05, 3.63) is 64.5 Å². The first-order valence-corrected chi connectivity index (χ1v) is 6.47. The third-order valence-corrected chi connectivity index (χ3v) is 3.10. The fourth-order valence-corrected chi connectivity index (χ4v) is 1.96. The first-order valence-electron chi connectivity index (χ1n) is 6.47. The van der Waals surface area contributed by atoms with Crippen molar-refractivity contribution in [2.24, 2.45) is 10.9 Å². The van der Waals surface area contributed by atoms with E-state index in [1.807, 2.05) is 32.0 Å². The standard InChI is InChI=1S/C16H17FN2O2/c1-10-3-4-11(2)15(5-10)21-9-12-6-13(16(18)19-20)8-14(17)7-12/h3-8,20H,9H2,1-2H3,(H2,18,19). The van der Waals surface area contributed by atoms with Gasteiger partial charge >= 0.3 is 0 Å². The average molecular weight is 288 g/mol. The largest absolute Gasteiger partial charge is 0.489 e. The van der Waals surface area contributed by atoms with Crippen LogP contribution in [0.15, 0.2) is 41.6 Å². The Hall–Kier alpha value is -2.56. The van der Waals surface area contributed by atoms with Crippen LogP contribution in [0.5, 0.6) is 5.75 Å². The molecule has 110 valence electrons. The van der Waals surface area contributed by atoms with E-state index in [0.717, 1.165) is 16.9 Å². The molecule has 0 fully saturated rings. The molecule has 0 unspecified atom stereocenters. The van der Waals surface area contributed by atoms with Crippen molar-refractivity contribution in [2.75, 3.05) is 0 Å². The van der Waals surface area contributed by atoms with Crippen LogP contribution in [0.3, 0.4) is 0 Å². The van der Waals surface area contributed by atoms with E-state index < -0.39 is 5.82 Å². The molecule has 0 aromatic heterocycles. The van der Waals surface area contributed by atoms with Gasteiger partial charge in [0.2, 0.25) is 0 Å². The maximum absolute atomic E-state index is 13.5. The number of nitrogens with two attached hydrogens (primary N) is 1. The lowest BCUT2D eigenvalue weighted by Gasteiger charge is -2.11. The highest BCUT2D eigenvalue weighted by Gasteiger charge is 2.06. The molecule has 3 N–H and O–H groups in total. The van der Waals surface area contributed by atoms with E-state index in [-0.39, 0.29) is 12.4 Å². The quantitative estimate of drug-likeness (QED) is 0.393. The number of nitrogens with zero attached hydrogens (tertiary/aromatic N) is 1. The molecule has 0 aliphatic rings. The van der Waals surface area contributed by atoms with Crippen LogP contribution in [-0.4, -0.2) is 11.0 Å². The molecule has 0 radical (unpaired) electrons. The molecule has 0 saturated carbocycles. The third kappa shape index (κ3) is 3.72. The molecular formula is C16H17FN2O2. The highest BCUT2D eigenvalue weighted by atomic mass is 19.1. The molecule has 0 aliphatic carbocycles. The highest BCUT2D eigenvalue weighted by Crippen LogP contribution is 2.21. The monoisotopic (exact) mass is 288 g/mol. The number of hydrogen-bond donors (Lipinski definition) is 2. The Morgan fingerprint density at radius 3 is 2.71 bits per heavy atom. The first-order chi connectivity index (χ1) is 9.99. The summed E-state index contributed by atoms with van der Waals surface area (Å²) in [6.45, 7) is 4.13. The minimum absolute atomic E-state index is 0.137. The number of halogens is 1. The van der Waals surface area contributed by atoms with Crippen LogP contribution in [0.25, 0.3) is 0 Å². The van der Waals surface area contributed by atoms with Crippen LogP contribution in [0.2, 0.25) is 0 Å². The summed E-state index contributed by atoms with van der Waals surface area (Å²) in [4.78, 5) is 0. The molecule has 0 saturated heterocycles. The van der Waals surface area contributed by atoms with Crippen LogP contribution in [0.1, 0.15) is 22.3 Å². The number of amidine groups is 1. The van der Waals surface area contributed by atoms with Gasteiger partial charge in [0.25, 0.3) is 0 Å². The molecule has 0 aliphatic heterocycles. The number of benzene rings is 2. The van der Waals surface area contributed by atoms with E-state index in [1.165, 1.54) is 12.1 Å². The molecule has 0 bridgehead atoms. The summed E-state index contributed by atoms with van der Waals surface area (Å²) >= 11 is 0. The Balaban J connectivity index is 2.20. The van der Waals surface area contributed by atoms with E-state index >= 15 is 0 Å². The fourth-order valence-electron chi connectivity index (χ4n) is 1.96. The maximum atomic E-state index is 13.5. The van der Waals surface area contributed by atoms with Crippen molar-refractivity contribution >= 4 is 5.84 Å². The zero-order valence-electron chi connectivity index (χ0n) is 11.9. The lowest BCUT2D eigenvalue weighted by molar-refractivity contribution is 0.303. The molecule has 21 heavy (non-hydrogen) atoms. The summed E-state index contributed by atoms with van der Waals surface area (Å²) in [5, 5.41) is 11.5. The zero-order chi connectivity index (χ0) is 15.4. The molecule has 0 spiro atoms. The van der Waals surface area contributed by atoms with E-state index in [2.05, 4.69) is 5.16 Å². The molecule has 0 amide bonds. The van der Waals surface area contributed by atoms with Crippen LogP contribution in [-0.2, 0) is 6.61 Å². The van der Waals surface area contributed by atoms with Gasteiger partial charge in [0.1, 0.15) is 18.2 Å². The van der Waals surface area contributed by atoms with Crippen LogP contribution in [0.4, 0.5) is 4.39 Å². The van der Waals surface area contributed by atoms with Gasteiger partial charge in [-0.05, 0) is 54.8 Å². The predicted octanol–water partition coefficient (Wildman–Crippen LogP) is 3.12. The normalized spacial score (nSPS) is 11.5. The number of aryl methyl sites for hydroxylation is 2. The van der Waals surface area contributed by atoms with Gasteiger partial charge in [0, 0.05) is 5.56 Å². The van der Waals surface area contributed by atoms with E-state index in [4.69, 9.17) is 15.7 Å². The molecule has 2 aromatic rings. The summed E-state index contributed by atoms with van der Waals surface area (Å²) < 4.78 is 19.3. The second-order valence-electron chi connectivity index (χ2n) is 4.89. The van der Waals surface area contributed by atoms with E-state index in [9.17, 15) is 4.39 Å². The molecule has 5 heteroatoms. The van der Waals surface area contributed by atoms with Gasteiger partial charge in [0.15, 0.2) is 5.84 Å². The topological polar surface area (TPSA) is 67.8 Å². The lowest BCUT2D eigenvalue weighted by Crippen LogP contribution is -2.14. The van der Waals surface area contributed by atoms with Gasteiger partial charge in [-0.2, -0.15) is 0 Å². The summed E-state index contributed by atoms with van der Waals surface area (Å²) in [6, 6.07) is 10.1. The second-order valence-corrected chi connectivity index (χ2v) is 4.89. The molecular weight excluding hydrogens is 271 g/mol. The minimum Gasteiger partial charge on any atom is -0.489 e. The number of ether oxygens (including phenoxy) is 1. The second kappa shape index (κ2) is 6.26. The summed E-state index contributed by atoms with van der Waals surface area (Å²) in [5.41, 5.74) is 8.50. The van der Waals surface area contributed by atoms with E-state index in [0.29, 0.717) is 11.1 Å². The number of rotatable bonds is 4. The van der Waals surface area contributed by atoms with Crippen molar-refractivity contribution in [1.82, 2.24) is 0 Å². The Kier molecular flexibility index (Phi) is 4.42. The average Bonchev–Trinajstić information content (AvgIpc) is 2.46.